The van der Waals surface area contributed by atoms with E-state index in [4.69, 9.17) is 4.74 Å². The van der Waals surface area contributed by atoms with Gasteiger partial charge in [0, 0.05) is 5.92 Å². The minimum atomic E-state index is -0.00244. The minimum absolute atomic E-state index is 0.00244. The third-order valence-electron chi connectivity index (χ3n) is 4.31. The monoisotopic (exact) mass is 360 g/mol. The lowest BCUT2D eigenvalue weighted by Gasteiger charge is -2.30. The molecule has 2 heterocycles. The molecular formula is C18H24N4O2S. The van der Waals surface area contributed by atoms with Gasteiger partial charge in [-0.15, -0.1) is 21.5 Å². The number of ether oxygens (including phenoxy) is 1. The van der Waals surface area contributed by atoms with Gasteiger partial charge in [0.2, 0.25) is 5.91 Å². The summed E-state index contributed by atoms with van der Waals surface area (Å²) in [6, 6.07) is 7.54. The van der Waals surface area contributed by atoms with Gasteiger partial charge in [-0.25, -0.2) is 0 Å². The lowest BCUT2D eigenvalue weighted by atomic mass is 9.98. The summed E-state index contributed by atoms with van der Waals surface area (Å²) in [5.41, 5.74) is 0.730. The van der Waals surface area contributed by atoms with Crippen molar-refractivity contribution >= 4 is 22.9 Å². The highest BCUT2D eigenvalue weighted by Gasteiger charge is 2.24. The van der Waals surface area contributed by atoms with Crippen LogP contribution < -0.4 is 10.1 Å². The van der Waals surface area contributed by atoms with Gasteiger partial charge in [-0.1, -0.05) is 12.1 Å². The molecule has 0 atom stereocenters. The fourth-order valence-corrected chi connectivity index (χ4v) is 3.93. The summed E-state index contributed by atoms with van der Waals surface area (Å²) in [4.78, 5) is 14.6. The molecule has 7 heteroatoms. The zero-order valence-electron chi connectivity index (χ0n) is 14.7. The second kappa shape index (κ2) is 8.40. The number of hydrogen-bond donors (Lipinski definition) is 1. The topological polar surface area (TPSA) is 67.3 Å². The number of piperidine rings is 1. The van der Waals surface area contributed by atoms with Crippen molar-refractivity contribution in [1.29, 1.82) is 0 Å². The smallest absolute Gasteiger partial charge is 0.238 e. The summed E-state index contributed by atoms with van der Waals surface area (Å²) in [5, 5.41) is 13.5. The predicted octanol–water partition coefficient (Wildman–Crippen LogP) is 3.06. The van der Waals surface area contributed by atoms with Gasteiger partial charge in [-0.3, -0.25) is 9.69 Å². The Hall–Kier alpha value is -1.99. The van der Waals surface area contributed by atoms with Crippen LogP contribution in [0.5, 0.6) is 5.75 Å². The number of nitrogens with one attached hydrogen (secondary N) is 1. The highest BCUT2D eigenvalue weighted by Crippen LogP contribution is 2.30. The Balaban J connectivity index is 1.50. The summed E-state index contributed by atoms with van der Waals surface area (Å²) in [5.74, 6) is 1.19. The molecule has 1 amide bonds. The van der Waals surface area contributed by atoms with E-state index in [2.05, 4.69) is 20.4 Å². The van der Waals surface area contributed by atoms with Crippen molar-refractivity contribution in [2.45, 2.75) is 32.6 Å². The Bertz CT molecular complexity index is 711. The summed E-state index contributed by atoms with van der Waals surface area (Å²) in [6.45, 7) is 6.71. The molecule has 0 spiro atoms. The Morgan fingerprint density at radius 3 is 2.76 bits per heavy atom. The Morgan fingerprint density at radius 2 is 2.08 bits per heavy atom. The van der Waals surface area contributed by atoms with E-state index in [1.807, 2.05) is 38.1 Å². The molecule has 3 rings (SSSR count). The number of nitrogens with zero attached hydrogens (tertiary/aromatic N) is 3. The van der Waals surface area contributed by atoms with E-state index in [-0.39, 0.29) is 5.91 Å². The molecule has 1 N–H and O–H groups in total. The SMILES string of the molecule is CCOc1ccccc1NC(=O)CN1CCC(c2nnc(C)s2)CC1. The molecule has 1 aliphatic heterocycles. The lowest BCUT2D eigenvalue weighted by molar-refractivity contribution is -0.117. The second-order valence-corrected chi connectivity index (χ2v) is 7.40. The number of para-hydroxylation sites is 2. The molecule has 0 aliphatic carbocycles. The van der Waals surface area contributed by atoms with Gasteiger partial charge in [0.1, 0.15) is 15.8 Å². The van der Waals surface area contributed by atoms with Crippen LogP contribution in [0.25, 0.3) is 0 Å². The fourth-order valence-electron chi connectivity index (χ4n) is 3.06. The quantitative estimate of drug-likeness (QED) is 0.857. The number of carbonyl (C=O) groups is 1. The van der Waals surface area contributed by atoms with Gasteiger partial charge in [0.25, 0.3) is 0 Å². The van der Waals surface area contributed by atoms with E-state index in [9.17, 15) is 4.79 Å². The summed E-state index contributed by atoms with van der Waals surface area (Å²) in [6.07, 6.45) is 2.05. The largest absolute Gasteiger partial charge is 0.492 e. The van der Waals surface area contributed by atoms with E-state index in [0.717, 1.165) is 41.6 Å². The molecule has 2 aromatic rings. The molecule has 1 aromatic heterocycles. The van der Waals surface area contributed by atoms with Crippen LogP contribution >= 0.6 is 11.3 Å². The van der Waals surface area contributed by atoms with Crippen LogP contribution in [0.15, 0.2) is 24.3 Å². The number of benzene rings is 1. The first-order chi connectivity index (χ1) is 12.2. The minimum Gasteiger partial charge on any atom is -0.492 e. The highest BCUT2D eigenvalue weighted by atomic mass is 32.1. The number of hydrogen-bond acceptors (Lipinski definition) is 6. The van der Waals surface area contributed by atoms with Crippen LogP contribution in [0.4, 0.5) is 5.69 Å². The van der Waals surface area contributed by atoms with Gasteiger partial charge in [-0.05, 0) is 51.9 Å². The molecule has 1 aromatic carbocycles. The number of anilines is 1. The van der Waals surface area contributed by atoms with Crippen molar-refractivity contribution in [3.8, 4) is 5.75 Å². The lowest BCUT2D eigenvalue weighted by Crippen LogP contribution is -2.38. The van der Waals surface area contributed by atoms with Crippen LogP contribution in [0.2, 0.25) is 0 Å². The predicted molar refractivity (Wildman–Crippen MR) is 99.3 cm³/mol. The molecule has 0 saturated carbocycles. The number of aromatic nitrogens is 2. The maximum absolute atomic E-state index is 12.4. The standard InChI is InChI=1S/C18H24N4O2S/c1-3-24-16-7-5-4-6-15(16)19-17(23)12-22-10-8-14(9-11-22)18-21-20-13(2)25-18/h4-7,14H,3,8-12H2,1-2H3,(H,19,23). The van der Waals surface area contributed by atoms with Crippen LogP contribution in [0.3, 0.4) is 0 Å². The number of likely N-dealkylation sites (tertiary alicyclic amines) is 1. The van der Waals surface area contributed by atoms with Crippen LogP contribution in [0.1, 0.15) is 35.7 Å². The highest BCUT2D eigenvalue weighted by molar-refractivity contribution is 7.11. The second-order valence-electron chi connectivity index (χ2n) is 6.19. The first-order valence-electron chi connectivity index (χ1n) is 8.69. The van der Waals surface area contributed by atoms with E-state index < -0.39 is 0 Å². The zero-order valence-corrected chi connectivity index (χ0v) is 15.5. The number of amides is 1. The fraction of sp³-hybridized carbons (Fsp3) is 0.500. The molecule has 0 radical (unpaired) electrons. The van der Waals surface area contributed by atoms with Crippen molar-refractivity contribution in [2.24, 2.45) is 0 Å². The number of carbonyl (C=O) groups excluding carboxylic acids is 1. The van der Waals surface area contributed by atoms with Crippen molar-refractivity contribution in [2.75, 3.05) is 31.6 Å². The summed E-state index contributed by atoms with van der Waals surface area (Å²) >= 11 is 1.68. The number of aryl methyl sites for hydroxylation is 1. The van der Waals surface area contributed by atoms with Gasteiger partial charge >= 0.3 is 0 Å². The van der Waals surface area contributed by atoms with Crippen molar-refractivity contribution < 1.29 is 9.53 Å². The van der Waals surface area contributed by atoms with E-state index in [0.29, 0.717) is 24.8 Å². The summed E-state index contributed by atoms with van der Waals surface area (Å²) < 4.78 is 5.55. The first-order valence-corrected chi connectivity index (χ1v) is 9.51. The van der Waals surface area contributed by atoms with Gasteiger partial charge in [0.15, 0.2) is 0 Å². The molecular weight excluding hydrogens is 336 g/mol. The van der Waals surface area contributed by atoms with Gasteiger partial charge < -0.3 is 10.1 Å². The molecule has 25 heavy (non-hydrogen) atoms. The van der Waals surface area contributed by atoms with Crippen LogP contribution in [0, 0.1) is 6.92 Å². The van der Waals surface area contributed by atoms with Crippen molar-refractivity contribution in [3.63, 3.8) is 0 Å². The maximum atomic E-state index is 12.4. The molecule has 0 unspecified atom stereocenters. The van der Waals surface area contributed by atoms with Crippen LogP contribution in [-0.2, 0) is 4.79 Å². The maximum Gasteiger partial charge on any atom is 0.238 e. The molecule has 6 nitrogen and oxygen atoms in total. The van der Waals surface area contributed by atoms with E-state index >= 15 is 0 Å². The third kappa shape index (κ3) is 4.76. The van der Waals surface area contributed by atoms with E-state index in [1.54, 1.807) is 11.3 Å². The van der Waals surface area contributed by atoms with E-state index in [1.165, 1.54) is 0 Å². The average Bonchev–Trinajstić information content (AvgIpc) is 3.04. The van der Waals surface area contributed by atoms with Gasteiger partial charge in [-0.2, -0.15) is 0 Å². The van der Waals surface area contributed by atoms with Gasteiger partial charge in [0.05, 0.1) is 18.8 Å². The molecule has 0 bridgehead atoms. The zero-order chi connectivity index (χ0) is 17.6. The molecule has 1 fully saturated rings. The van der Waals surface area contributed by atoms with Crippen LogP contribution in [-0.4, -0.2) is 47.2 Å². The normalized spacial score (nSPS) is 15.9. The molecule has 1 aliphatic rings. The Labute approximate surface area is 152 Å². The molecule has 134 valence electrons. The van der Waals surface area contributed by atoms with Crippen molar-refractivity contribution in [3.05, 3.63) is 34.3 Å². The Morgan fingerprint density at radius 1 is 1.32 bits per heavy atom. The number of rotatable bonds is 6. The third-order valence-corrected chi connectivity index (χ3v) is 5.31. The Kier molecular flexibility index (Phi) is 5.99. The van der Waals surface area contributed by atoms with Crippen molar-refractivity contribution in [1.82, 2.24) is 15.1 Å². The molecule has 1 saturated heterocycles. The first kappa shape index (κ1) is 17.8. The average molecular weight is 360 g/mol. The summed E-state index contributed by atoms with van der Waals surface area (Å²) in [7, 11) is 0.